The molecule has 0 aliphatic carbocycles. The molecule has 7 nitrogen and oxygen atoms in total. The molecule has 1 saturated heterocycles. The van der Waals surface area contributed by atoms with Gasteiger partial charge in [0.25, 0.3) is 0 Å². The third-order valence-electron chi connectivity index (χ3n) is 5.47. The lowest BCUT2D eigenvalue weighted by atomic mass is 10.1. The number of carboxylic acid groups (broad SMARTS) is 1. The van der Waals surface area contributed by atoms with Gasteiger partial charge in [-0.1, -0.05) is 44.0 Å². The van der Waals surface area contributed by atoms with E-state index in [9.17, 15) is 14.4 Å². The summed E-state index contributed by atoms with van der Waals surface area (Å²) in [6.45, 7) is 4.21. The number of benzene rings is 1. The zero-order valence-electron chi connectivity index (χ0n) is 19.9. The molecule has 0 aromatic heterocycles. The lowest BCUT2D eigenvalue weighted by Crippen LogP contribution is -2.50. The maximum absolute atomic E-state index is 11.6. The summed E-state index contributed by atoms with van der Waals surface area (Å²) < 4.78 is 0. The molecule has 11 heteroatoms. The first-order valence-electron chi connectivity index (χ1n) is 11.7. The third-order valence-corrected chi connectivity index (χ3v) is 6.60. The Hall–Kier alpha value is -1.03. The van der Waals surface area contributed by atoms with Gasteiger partial charge in [0.05, 0.1) is 0 Å². The minimum Gasteiger partial charge on any atom is -0.481 e. The van der Waals surface area contributed by atoms with E-state index in [1.165, 1.54) is 0 Å². The van der Waals surface area contributed by atoms with Crippen LogP contribution in [0, 0.1) is 0 Å². The highest BCUT2D eigenvalue weighted by Gasteiger charge is 2.23. The molecule has 1 aromatic carbocycles. The van der Waals surface area contributed by atoms with Gasteiger partial charge in [-0.15, -0.1) is 23.2 Å². The number of anilines is 1. The van der Waals surface area contributed by atoms with Crippen molar-refractivity contribution in [3.63, 3.8) is 0 Å². The number of nitrogens with zero attached hydrogens (tertiary/aromatic N) is 3. The van der Waals surface area contributed by atoms with Gasteiger partial charge in [0.1, 0.15) is 0 Å². The molecule has 0 saturated carbocycles. The largest absolute Gasteiger partial charge is 0.481 e. The number of aryl methyl sites for hydroxylation is 1. The second-order valence-corrected chi connectivity index (χ2v) is 10.3. The van der Waals surface area contributed by atoms with E-state index in [4.69, 9.17) is 28.3 Å². The van der Waals surface area contributed by atoms with Crippen LogP contribution < -0.4 is 4.90 Å². The van der Waals surface area contributed by atoms with Crippen LogP contribution in [0.1, 0.15) is 31.2 Å². The number of rotatable bonds is 13. The summed E-state index contributed by atoms with van der Waals surface area (Å²) in [4.78, 5) is 39.4. The number of piperazine rings is 1. The molecule has 198 valence electrons. The predicted molar refractivity (Wildman–Crippen MR) is 151 cm³/mol. The van der Waals surface area contributed by atoms with Gasteiger partial charge in [-0.05, 0) is 30.5 Å². The van der Waals surface area contributed by atoms with Crippen LogP contribution in [0.2, 0.25) is 0 Å². The summed E-state index contributed by atoms with van der Waals surface area (Å²) in [7, 11) is 0. The van der Waals surface area contributed by atoms with Crippen LogP contribution in [0.4, 0.5) is 5.69 Å². The summed E-state index contributed by atoms with van der Waals surface area (Å²) in [5.74, 6) is 0.732. The van der Waals surface area contributed by atoms with Crippen molar-refractivity contribution in [1.82, 2.24) is 9.80 Å². The molecular weight excluding hydrogens is 625 g/mol. The molecule has 1 aliphatic rings. The average Bonchev–Trinajstić information content (AvgIpc) is 2.85. The van der Waals surface area contributed by atoms with Gasteiger partial charge >= 0.3 is 5.97 Å². The number of amides is 2. The monoisotopic (exact) mass is 657 g/mol. The van der Waals surface area contributed by atoms with Crippen LogP contribution in [0.5, 0.6) is 0 Å². The first-order chi connectivity index (χ1) is 16.9. The normalized spacial score (nSPS) is 13.1. The number of hydrogen-bond donors (Lipinski definition) is 1. The topological polar surface area (TPSA) is 81.2 Å². The summed E-state index contributed by atoms with van der Waals surface area (Å²) in [6, 6.07) is 8.14. The molecule has 1 heterocycles. The van der Waals surface area contributed by atoms with Crippen molar-refractivity contribution < 1.29 is 19.5 Å². The smallest absolute Gasteiger partial charge is 0.303 e. The van der Waals surface area contributed by atoms with Gasteiger partial charge in [0.2, 0.25) is 11.8 Å². The summed E-state index contributed by atoms with van der Waals surface area (Å²) in [5, 5.41) is 10.0. The molecule has 0 unspecified atom stereocenters. The predicted octanol–water partition coefficient (Wildman–Crippen LogP) is 4.61. The lowest BCUT2D eigenvalue weighted by molar-refractivity contribution is -0.139. The Balaban J connectivity index is 0.000000355. The summed E-state index contributed by atoms with van der Waals surface area (Å²) >= 11 is 18.1. The molecule has 1 aliphatic heterocycles. The van der Waals surface area contributed by atoms with E-state index in [0.29, 0.717) is 67.9 Å². The number of alkyl halides is 4. The quantitative estimate of drug-likeness (QED) is 0.313. The Morgan fingerprint density at radius 2 is 1.29 bits per heavy atom. The van der Waals surface area contributed by atoms with Crippen LogP contribution in [0.25, 0.3) is 0 Å². The van der Waals surface area contributed by atoms with Crippen LogP contribution in [-0.4, -0.2) is 94.4 Å². The maximum Gasteiger partial charge on any atom is 0.303 e. The Morgan fingerprint density at radius 3 is 1.66 bits per heavy atom. The molecule has 0 bridgehead atoms. The van der Waals surface area contributed by atoms with E-state index in [2.05, 4.69) is 36.8 Å². The highest BCUT2D eigenvalue weighted by atomic mass is 79.9. The number of carbonyl (C=O) groups excluding carboxylic acids is 2. The van der Waals surface area contributed by atoms with Crippen molar-refractivity contribution in [2.24, 2.45) is 0 Å². The van der Waals surface area contributed by atoms with Gasteiger partial charge < -0.3 is 19.8 Å². The van der Waals surface area contributed by atoms with Crippen molar-refractivity contribution >= 4 is 78.5 Å². The minimum absolute atomic E-state index is 0.171. The Morgan fingerprint density at radius 1 is 0.829 bits per heavy atom. The molecule has 2 rings (SSSR count). The highest BCUT2D eigenvalue weighted by Crippen LogP contribution is 2.17. The summed E-state index contributed by atoms with van der Waals surface area (Å²) in [6.07, 6.45) is 2.75. The molecule has 0 atom stereocenters. The minimum atomic E-state index is -0.743. The number of hydrogen-bond acceptors (Lipinski definition) is 4. The fourth-order valence-electron chi connectivity index (χ4n) is 3.57. The van der Waals surface area contributed by atoms with Gasteiger partial charge in [0.15, 0.2) is 0 Å². The van der Waals surface area contributed by atoms with Crippen LogP contribution >= 0.6 is 55.1 Å². The van der Waals surface area contributed by atoms with Gasteiger partial charge in [-0.25, -0.2) is 0 Å². The van der Waals surface area contributed by atoms with Crippen molar-refractivity contribution in [3.05, 3.63) is 29.8 Å². The zero-order chi connectivity index (χ0) is 26.1. The molecule has 1 aromatic rings. The number of carbonyl (C=O) groups is 3. The van der Waals surface area contributed by atoms with Crippen molar-refractivity contribution in [2.75, 3.05) is 66.6 Å². The van der Waals surface area contributed by atoms with Crippen LogP contribution in [0.3, 0.4) is 0 Å². The molecule has 1 fully saturated rings. The van der Waals surface area contributed by atoms with E-state index in [-0.39, 0.29) is 18.2 Å². The first-order valence-corrected chi connectivity index (χ1v) is 15.0. The first kappa shape index (κ1) is 32.0. The van der Waals surface area contributed by atoms with E-state index in [1.807, 2.05) is 34.1 Å². The standard InChI is InChI=1S/C14H19Cl2NO2.C10H16Br2N2O2/c15-8-10-17(11-9-16)13-6-4-12(5-7-13)2-1-3-14(18)19;11-3-1-9(15)13-5-7-14(8-6-13)10(16)2-4-12/h4-7H,1-3,8-11H2,(H,18,19);1-8H2. The van der Waals surface area contributed by atoms with E-state index < -0.39 is 5.97 Å². The van der Waals surface area contributed by atoms with Crippen molar-refractivity contribution in [1.29, 1.82) is 0 Å². The molecule has 1 N–H and O–H groups in total. The van der Waals surface area contributed by atoms with Crippen LogP contribution in [0.15, 0.2) is 24.3 Å². The van der Waals surface area contributed by atoms with E-state index >= 15 is 0 Å². The Kier molecular flexibility index (Phi) is 17.5. The number of carboxylic acids is 1. The second kappa shape index (κ2) is 19.1. The molecule has 0 radical (unpaired) electrons. The molecular formula is C24H35Br2Cl2N3O4. The Labute approximate surface area is 235 Å². The second-order valence-electron chi connectivity index (χ2n) is 7.92. The molecule has 35 heavy (non-hydrogen) atoms. The van der Waals surface area contributed by atoms with Gasteiger partial charge in [-0.3, -0.25) is 14.4 Å². The average molecular weight is 660 g/mol. The fourth-order valence-corrected chi connectivity index (χ4v) is 4.66. The van der Waals surface area contributed by atoms with Crippen LogP contribution in [-0.2, 0) is 20.8 Å². The highest BCUT2D eigenvalue weighted by molar-refractivity contribution is 9.09. The lowest BCUT2D eigenvalue weighted by Gasteiger charge is -2.34. The summed E-state index contributed by atoms with van der Waals surface area (Å²) in [5.41, 5.74) is 2.25. The van der Waals surface area contributed by atoms with E-state index in [1.54, 1.807) is 0 Å². The van der Waals surface area contributed by atoms with Gasteiger partial charge in [0, 0.05) is 86.6 Å². The van der Waals surface area contributed by atoms with Gasteiger partial charge in [-0.2, -0.15) is 0 Å². The Bertz CT molecular complexity index is 732. The maximum atomic E-state index is 11.6. The van der Waals surface area contributed by atoms with E-state index in [0.717, 1.165) is 30.8 Å². The number of aliphatic carboxylic acids is 1. The molecule has 2 amide bonds. The fraction of sp³-hybridized carbons (Fsp3) is 0.625. The van der Waals surface area contributed by atoms with Crippen molar-refractivity contribution in [2.45, 2.75) is 32.1 Å². The van der Waals surface area contributed by atoms with Crippen molar-refractivity contribution in [3.8, 4) is 0 Å². The number of halogens is 4. The zero-order valence-corrected chi connectivity index (χ0v) is 24.6. The SMILES string of the molecule is O=C(CCBr)N1CCN(C(=O)CCBr)CC1.O=C(O)CCCc1ccc(N(CCCl)CCCl)cc1. The third kappa shape index (κ3) is 13.2. The molecule has 0 spiro atoms.